The molecule has 1 aromatic rings. The smallest absolute Gasteiger partial charge is 0.267 e. The number of unbranched alkanes of at least 4 members (excludes halogenated alkanes) is 2. The van der Waals surface area contributed by atoms with Crippen LogP contribution in [0.3, 0.4) is 0 Å². The molecule has 0 aliphatic rings. The molecule has 0 fully saturated rings. The fraction of sp³-hybridized carbons (Fsp3) is 0.714. The van der Waals surface area contributed by atoms with E-state index in [1.54, 1.807) is 0 Å². The molecule has 0 bridgehead atoms. The first-order valence-electron chi connectivity index (χ1n) is 7.43. The molecule has 0 atom stereocenters. The maximum Gasteiger partial charge on any atom is 0.267 e. The maximum absolute atomic E-state index is 12.6. The molecule has 1 rings (SSSR count). The molecule has 0 spiro atoms. The molecule has 114 valence electrons. The summed E-state index contributed by atoms with van der Waals surface area (Å²) in [4.78, 5) is 19.3. The molecule has 6 heteroatoms. The summed E-state index contributed by atoms with van der Waals surface area (Å²) in [6.07, 6.45) is 4.20. The lowest BCUT2D eigenvalue weighted by molar-refractivity contribution is 0.0756. The Hall–Kier alpha value is -1.30. The van der Waals surface area contributed by atoms with Crippen LogP contribution in [0.1, 0.15) is 56.1 Å². The first-order valence-corrected chi connectivity index (χ1v) is 8.25. The van der Waals surface area contributed by atoms with Gasteiger partial charge in [-0.1, -0.05) is 38.0 Å². The van der Waals surface area contributed by atoms with E-state index >= 15 is 0 Å². The van der Waals surface area contributed by atoms with E-state index in [9.17, 15) is 4.79 Å². The van der Waals surface area contributed by atoms with Gasteiger partial charge in [0.1, 0.15) is 10.7 Å². The summed E-state index contributed by atoms with van der Waals surface area (Å²) in [6.45, 7) is 8.62. The molecular weight excluding hydrogens is 272 g/mol. The number of nitrogens with two attached hydrogens (primary N) is 1. The van der Waals surface area contributed by atoms with Gasteiger partial charge >= 0.3 is 0 Å². The van der Waals surface area contributed by atoms with Gasteiger partial charge in [0, 0.05) is 19.6 Å². The Morgan fingerprint density at radius 1 is 1.25 bits per heavy atom. The molecule has 0 saturated carbocycles. The summed E-state index contributed by atoms with van der Waals surface area (Å²) in [5, 5.41) is 3.83. The second-order valence-electron chi connectivity index (χ2n) is 4.76. The summed E-state index contributed by atoms with van der Waals surface area (Å²) in [7, 11) is 0. The predicted octanol–water partition coefficient (Wildman–Crippen LogP) is 3.20. The number of carbonyl (C=O) groups excluding carboxylic acids is 1. The lowest BCUT2D eigenvalue weighted by atomic mass is 10.2. The number of nitrogens with zero attached hydrogens (tertiary/aromatic N) is 2. The zero-order chi connectivity index (χ0) is 15.0. The molecule has 0 aliphatic heterocycles. The van der Waals surface area contributed by atoms with E-state index in [1.165, 1.54) is 11.3 Å². The Labute approximate surface area is 125 Å². The molecule has 3 N–H and O–H groups in total. The van der Waals surface area contributed by atoms with E-state index in [4.69, 9.17) is 5.73 Å². The monoisotopic (exact) mass is 298 g/mol. The molecule has 0 radical (unpaired) electrons. The second-order valence-corrected chi connectivity index (χ2v) is 5.76. The molecule has 5 nitrogen and oxygen atoms in total. The number of amides is 1. The van der Waals surface area contributed by atoms with Crippen LogP contribution in [0, 0.1) is 0 Å². The lowest BCUT2D eigenvalue weighted by Crippen LogP contribution is -2.32. The standard InChI is InChI=1S/C14H26N4OS/c1-4-7-9-18(10-8-5-2)13(19)11-12(15)17-14(20-11)16-6-3/h4-10,15H2,1-3H3,(H,16,17). The highest BCUT2D eigenvalue weighted by Crippen LogP contribution is 2.26. The zero-order valence-electron chi connectivity index (χ0n) is 12.7. The summed E-state index contributed by atoms with van der Waals surface area (Å²) in [5.74, 6) is 0.361. The first-order chi connectivity index (χ1) is 9.63. The molecule has 0 unspecified atom stereocenters. The van der Waals surface area contributed by atoms with E-state index in [0.29, 0.717) is 10.7 Å². The van der Waals surface area contributed by atoms with Crippen LogP contribution in [0.5, 0.6) is 0 Å². The SMILES string of the molecule is CCCCN(CCCC)C(=O)c1sc(NCC)nc1N. The van der Waals surface area contributed by atoms with Gasteiger partial charge < -0.3 is 16.0 Å². The van der Waals surface area contributed by atoms with Crippen LogP contribution in [-0.4, -0.2) is 35.4 Å². The predicted molar refractivity (Wildman–Crippen MR) is 86.4 cm³/mol. The van der Waals surface area contributed by atoms with Crippen LogP contribution < -0.4 is 11.1 Å². The third-order valence-electron chi connectivity index (χ3n) is 3.03. The minimum atomic E-state index is 0.0195. The topological polar surface area (TPSA) is 71.2 Å². The van der Waals surface area contributed by atoms with Crippen molar-refractivity contribution in [1.82, 2.24) is 9.88 Å². The van der Waals surface area contributed by atoms with Crippen LogP contribution in [0.15, 0.2) is 0 Å². The largest absolute Gasteiger partial charge is 0.382 e. The minimum absolute atomic E-state index is 0.0195. The number of thiazole rings is 1. The summed E-state index contributed by atoms with van der Waals surface area (Å²) < 4.78 is 0. The van der Waals surface area contributed by atoms with Crippen LogP contribution >= 0.6 is 11.3 Å². The van der Waals surface area contributed by atoms with Gasteiger partial charge in [0.2, 0.25) is 0 Å². The highest BCUT2D eigenvalue weighted by molar-refractivity contribution is 7.18. The number of nitrogen functional groups attached to an aromatic ring is 1. The highest BCUT2D eigenvalue weighted by atomic mass is 32.1. The van der Waals surface area contributed by atoms with E-state index in [2.05, 4.69) is 24.1 Å². The normalized spacial score (nSPS) is 10.6. The lowest BCUT2D eigenvalue weighted by Gasteiger charge is -2.21. The minimum Gasteiger partial charge on any atom is -0.382 e. The van der Waals surface area contributed by atoms with Crippen molar-refractivity contribution < 1.29 is 4.79 Å². The number of aromatic nitrogens is 1. The van der Waals surface area contributed by atoms with Crippen LogP contribution in [0.2, 0.25) is 0 Å². The average molecular weight is 298 g/mol. The van der Waals surface area contributed by atoms with Gasteiger partial charge in [-0.2, -0.15) is 0 Å². The van der Waals surface area contributed by atoms with Crippen molar-refractivity contribution in [3.63, 3.8) is 0 Å². The molecule has 0 saturated heterocycles. The highest BCUT2D eigenvalue weighted by Gasteiger charge is 2.21. The first kappa shape index (κ1) is 16.8. The number of hydrogen-bond donors (Lipinski definition) is 2. The number of nitrogens with one attached hydrogen (secondary N) is 1. The van der Waals surface area contributed by atoms with E-state index in [0.717, 1.165) is 50.4 Å². The van der Waals surface area contributed by atoms with Gasteiger partial charge in [0.05, 0.1) is 0 Å². The van der Waals surface area contributed by atoms with E-state index < -0.39 is 0 Å². The van der Waals surface area contributed by atoms with Gasteiger partial charge in [-0.25, -0.2) is 4.98 Å². The third-order valence-corrected chi connectivity index (χ3v) is 4.04. The van der Waals surface area contributed by atoms with Crippen molar-refractivity contribution in [3.8, 4) is 0 Å². The van der Waals surface area contributed by atoms with Crippen molar-refractivity contribution in [2.75, 3.05) is 30.7 Å². The second kappa shape index (κ2) is 8.79. The fourth-order valence-corrected chi connectivity index (χ4v) is 2.79. The quantitative estimate of drug-likeness (QED) is 0.734. The van der Waals surface area contributed by atoms with Crippen LogP contribution in [-0.2, 0) is 0 Å². The Kier molecular flexibility index (Phi) is 7.36. The van der Waals surface area contributed by atoms with Crippen molar-refractivity contribution in [1.29, 1.82) is 0 Å². The molecule has 1 amide bonds. The molecule has 20 heavy (non-hydrogen) atoms. The molecule has 0 aromatic carbocycles. The molecule has 1 heterocycles. The molecule has 0 aliphatic carbocycles. The van der Waals surface area contributed by atoms with Gasteiger partial charge in [0.25, 0.3) is 5.91 Å². The molecule has 1 aromatic heterocycles. The summed E-state index contributed by atoms with van der Waals surface area (Å²) in [6, 6.07) is 0. The maximum atomic E-state index is 12.6. The fourth-order valence-electron chi connectivity index (χ4n) is 1.87. The average Bonchev–Trinajstić information content (AvgIpc) is 2.79. The van der Waals surface area contributed by atoms with E-state index in [-0.39, 0.29) is 5.91 Å². The Bertz CT molecular complexity index is 411. The van der Waals surface area contributed by atoms with Crippen LogP contribution in [0.25, 0.3) is 0 Å². The van der Waals surface area contributed by atoms with Gasteiger partial charge in [0.15, 0.2) is 5.13 Å². The zero-order valence-corrected chi connectivity index (χ0v) is 13.6. The van der Waals surface area contributed by atoms with E-state index in [1.807, 2.05) is 11.8 Å². The van der Waals surface area contributed by atoms with Crippen molar-refractivity contribution in [3.05, 3.63) is 4.88 Å². The third kappa shape index (κ3) is 4.67. The molecular formula is C14H26N4OS. The number of anilines is 2. The number of carbonyl (C=O) groups is 1. The Balaban J connectivity index is 2.81. The Morgan fingerprint density at radius 3 is 2.35 bits per heavy atom. The van der Waals surface area contributed by atoms with Crippen LogP contribution in [0.4, 0.5) is 10.9 Å². The van der Waals surface area contributed by atoms with Gasteiger partial charge in [-0.15, -0.1) is 0 Å². The number of rotatable bonds is 9. The van der Waals surface area contributed by atoms with Gasteiger partial charge in [-0.05, 0) is 19.8 Å². The van der Waals surface area contributed by atoms with Crippen molar-refractivity contribution >= 4 is 28.2 Å². The Morgan fingerprint density at radius 2 is 1.85 bits per heavy atom. The summed E-state index contributed by atoms with van der Waals surface area (Å²) >= 11 is 1.35. The van der Waals surface area contributed by atoms with Crippen molar-refractivity contribution in [2.45, 2.75) is 46.5 Å². The summed E-state index contributed by atoms with van der Waals surface area (Å²) in [5.41, 5.74) is 5.88. The van der Waals surface area contributed by atoms with Crippen molar-refractivity contribution in [2.24, 2.45) is 0 Å². The van der Waals surface area contributed by atoms with Gasteiger partial charge in [-0.3, -0.25) is 4.79 Å². The number of hydrogen-bond acceptors (Lipinski definition) is 5.